The largest absolute Gasteiger partial charge is 0.323 e. The Kier molecular flexibility index (Phi) is 2.84. The molecule has 0 bridgehead atoms. The average Bonchev–Trinajstić information content (AvgIpc) is 2.56. The molecule has 0 atom stereocenters. The van der Waals surface area contributed by atoms with Gasteiger partial charge in [0.05, 0.1) is 0 Å². The van der Waals surface area contributed by atoms with E-state index in [0.29, 0.717) is 6.42 Å². The first-order chi connectivity index (χ1) is 6.74. The maximum Gasteiger partial charge on any atom is 0.157 e. The average molecular weight is 195 g/mol. The van der Waals surface area contributed by atoms with Gasteiger partial charge >= 0.3 is 0 Å². The van der Waals surface area contributed by atoms with E-state index in [2.05, 4.69) is 22.4 Å². The molecular weight excluding hydrogens is 178 g/mol. The number of likely N-dealkylation sites (N-methyl/N-ethyl adjacent to an activating group) is 1. The quantitative estimate of drug-likeness (QED) is 0.672. The van der Waals surface area contributed by atoms with Crippen molar-refractivity contribution < 1.29 is 4.79 Å². The second kappa shape index (κ2) is 4.11. The molecule has 0 aromatic rings. The Morgan fingerprint density at radius 1 is 1.21 bits per heavy atom. The van der Waals surface area contributed by atoms with Crippen molar-refractivity contribution in [2.75, 3.05) is 33.2 Å². The summed E-state index contributed by atoms with van der Waals surface area (Å²) in [4.78, 5) is 13.3. The van der Waals surface area contributed by atoms with Gasteiger partial charge in [-0.05, 0) is 13.5 Å². The van der Waals surface area contributed by atoms with Crippen molar-refractivity contribution in [3.8, 4) is 0 Å². The number of rotatable bonds is 2. The molecule has 0 radical (unpaired) electrons. The Balaban J connectivity index is 1.81. The van der Waals surface area contributed by atoms with E-state index >= 15 is 0 Å². The van der Waals surface area contributed by atoms with Gasteiger partial charge in [0.25, 0.3) is 0 Å². The van der Waals surface area contributed by atoms with Gasteiger partial charge in [-0.1, -0.05) is 0 Å². The summed E-state index contributed by atoms with van der Waals surface area (Å²) >= 11 is 0. The third kappa shape index (κ3) is 2.33. The van der Waals surface area contributed by atoms with Crippen LogP contribution in [-0.4, -0.2) is 48.9 Å². The first kappa shape index (κ1) is 9.68. The number of hydrogen-bond donors (Lipinski definition) is 1. The number of allylic oxidation sites excluding steroid dienone is 2. The molecule has 4 nitrogen and oxygen atoms in total. The van der Waals surface area contributed by atoms with E-state index in [9.17, 15) is 4.79 Å². The van der Waals surface area contributed by atoms with Gasteiger partial charge in [0, 0.05) is 44.4 Å². The van der Waals surface area contributed by atoms with E-state index in [4.69, 9.17) is 0 Å². The summed E-state index contributed by atoms with van der Waals surface area (Å²) in [6, 6.07) is 0. The Morgan fingerprint density at radius 3 is 2.50 bits per heavy atom. The molecule has 14 heavy (non-hydrogen) atoms. The topological polar surface area (TPSA) is 35.6 Å². The highest BCUT2D eigenvalue weighted by Gasteiger charge is 2.17. The Morgan fingerprint density at radius 2 is 1.93 bits per heavy atom. The number of hydrazine groups is 1. The summed E-state index contributed by atoms with van der Waals surface area (Å²) in [5.41, 5.74) is 4.40. The lowest BCUT2D eigenvalue weighted by atomic mass is 10.3. The van der Waals surface area contributed by atoms with E-state index < -0.39 is 0 Å². The van der Waals surface area contributed by atoms with Crippen LogP contribution in [0.3, 0.4) is 0 Å². The second-order valence-electron chi connectivity index (χ2n) is 4.04. The third-order valence-electron chi connectivity index (χ3n) is 2.78. The molecule has 0 aromatic carbocycles. The second-order valence-corrected chi connectivity index (χ2v) is 4.04. The molecule has 0 saturated carbocycles. The SMILES string of the molecule is CN1CCN(NC2=CC(=O)CC2)CC1. The zero-order chi connectivity index (χ0) is 9.97. The van der Waals surface area contributed by atoms with Crippen LogP contribution in [-0.2, 0) is 4.79 Å². The predicted octanol–water partition coefficient (Wildman–Crippen LogP) is -0.0148. The molecule has 2 aliphatic rings. The van der Waals surface area contributed by atoms with Gasteiger partial charge in [0.2, 0.25) is 0 Å². The Labute approximate surface area is 84.5 Å². The van der Waals surface area contributed by atoms with Crippen LogP contribution in [0, 0.1) is 0 Å². The van der Waals surface area contributed by atoms with Crippen molar-refractivity contribution in [2.45, 2.75) is 12.8 Å². The summed E-state index contributed by atoms with van der Waals surface area (Å²) in [5.74, 6) is 0.252. The number of hydrogen-bond acceptors (Lipinski definition) is 4. The lowest BCUT2D eigenvalue weighted by molar-refractivity contribution is -0.114. The van der Waals surface area contributed by atoms with Gasteiger partial charge in [-0.3, -0.25) is 4.79 Å². The highest BCUT2D eigenvalue weighted by atomic mass is 16.1. The van der Waals surface area contributed by atoms with E-state index in [1.54, 1.807) is 6.08 Å². The van der Waals surface area contributed by atoms with Crippen LogP contribution in [0.1, 0.15) is 12.8 Å². The van der Waals surface area contributed by atoms with Crippen LogP contribution in [0.15, 0.2) is 11.8 Å². The molecule has 1 heterocycles. The Bertz CT molecular complexity index is 254. The number of ketones is 1. The van der Waals surface area contributed by atoms with Crippen molar-refractivity contribution in [1.29, 1.82) is 0 Å². The highest BCUT2D eigenvalue weighted by Crippen LogP contribution is 2.12. The zero-order valence-corrected chi connectivity index (χ0v) is 8.62. The molecule has 0 amide bonds. The van der Waals surface area contributed by atoms with Crippen LogP contribution in [0.5, 0.6) is 0 Å². The molecule has 1 fully saturated rings. The van der Waals surface area contributed by atoms with Crippen molar-refractivity contribution in [2.24, 2.45) is 0 Å². The predicted molar refractivity (Wildman–Crippen MR) is 54.5 cm³/mol. The van der Waals surface area contributed by atoms with E-state index in [1.807, 2.05) is 0 Å². The molecule has 4 heteroatoms. The minimum atomic E-state index is 0.252. The summed E-state index contributed by atoms with van der Waals surface area (Å²) in [7, 11) is 2.13. The normalized spacial score (nSPS) is 25.2. The molecule has 0 aromatic heterocycles. The van der Waals surface area contributed by atoms with E-state index in [1.165, 1.54) is 0 Å². The number of nitrogens with one attached hydrogen (secondary N) is 1. The maximum atomic E-state index is 11.0. The van der Waals surface area contributed by atoms with Gasteiger partial charge in [-0.25, -0.2) is 5.01 Å². The van der Waals surface area contributed by atoms with Gasteiger partial charge in [-0.15, -0.1) is 0 Å². The fourth-order valence-corrected chi connectivity index (χ4v) is 1.81. The van der Waals surface area contributed by atoms with Crippen LogP contribution in [0.25, 0.3) is 0 Å². The molecule has 1 aliphatic carbocycles. The molecule has 2 rings (SSSR count). The highest BCUT2D eigenvalue weighted by molar-refractivity contribution is 5.92. The number of carbonyl (C=O) groups is 1. The zero-order valence-electron chi connectivity index (χ0n) is 8.62. The summed E-state index contributed by atoms with van der Waals surface area (Å²) in [5, 5.41) is 2.20. The molecule has 1 N–H and O–H groups in total. The molecule has 0 unspecified atom stereocenters. The monoisotopic (exact) mass is 195 g/mol. The summed E-state index contributed by atoms with van der Waals surface area (Å²) < 4.78 is 0. The number of nitrogens with zero attached hydrogens (tertiary/aromatic N) is 2. The van der Waals surface area contributed by atoms with Crippen LogP contribution >= 0.6 is 0 Å². The van der Waals surface area contributed by atoms with Crippen molar-refractivity contribution in [1.82, 2.24) is 15.3 Å². The number of carbonyl (C=O) groups excluding carboxylic acids is 1. The number of piperazine rings is 1. The van der Waals surface area contributed by atoms with Crippen molar-refractivity contribution in [3.05, 3.63) is 11.8 Å². The van der Waals surface area contributed by atoms with Gasteiger partial charge in [0.1, 0.15) is 0 Å². The molecule has 1 saturated heterocycles. The van der Waals surface area contributed by atoms with E-state index in [0.717, 1.165) is 38.3 Å². The van der Waals surface area contributed by atoms with Crippen molar-refractivity contribution >= 4 is 5.78 Å². The lowest BCUT2D eigenvalue weighted by Crippen LogP contribution is -2.50. The third-order valence-corrected chi connectivity index (χ3v) is 2.78. The van der Waals surface area contributed by atoms with Gasteiger partial charge in [-0.2, -0.15) is 0 Å². The summed E-state index contributed by atoms with van der Waals surface area (Å²) in [6.45, 7) is 4.24. The Hall–Kier alpha value is -0.870. The molecule has 1 aliphatic heterocycles. The molecular formula is C10H17N3O. The minimum absolute atomic E-state index is 0.252. The van der Waals surface area contributed by atoms with Crippen molar-refractivity contribution in [3.63, 3.8) is 0 Å². The smallest absolute Gasteiger partial charge is 0.157 e. The van der Waals surface area contributed by atoms with Gasteiger partial charge in [0.15, 0.2) is 5.78 Å². The first-order valence-corrected chi connectivity index (χ1v) is 5.17. The van der Waals surface area contributed by atoms with Crippen LogP contribution in [0.4, 0.5) is 0 Å². The lowest BCUT2D eigenvalue weighted by Gasteiger charge is -2.33. The maximum absolute atomic E-state index is 11.0. The summed E-state index contributed by atoms with van der Waals surface area (Å²) in [6.07, 6.45) is 3.29. The molecule has 0 spiro atoms. The fraction of sp³-hybridized carbons (Fsp3) is 0.700. The van der Waals surface area contributed by atoms with Crippen LogP contribution in [0.2, 0.25) is 0 Å². The fourth-order valence-electron chi connectivity index (χ4n) is 1.81. The molecule has 78 valence electrons. The standard InChI is InChI=1S/C10H17N3O/c1-12-4-6-13(7-5-12)11-9-2-3-10(14)8-9/h8,11H,2-7H2,1H3. The van der Waals surface area contributed by atoms with E-state index in [-0.39, 0.29) is 5.78 Å². The minimum Gasteiger partial charge on any atom is -0.323 e. The van der Waals surface area contributed by atoms with Crippen LogP contribution < -0.4 is 5.43 Å². The first-order valence-electron chi connectivity index (χ1n) is 5.17. The van der Waals surface area contributed by atoms with Gasteiger partial charge < -0.3 is 10.3 Å².